The fraction of sp³-hybridized carbons (Fsp3) is 0.222. The number of hydrogen-bond donors (Lipinski definition) is 2. The molecular formula is C18H17N3O. The molecule has 1 aliphatic carbocycles. The van der Waals surface area contributed by atoms with Crippen LogP contribution in [0, 0.1) is 16.7 Å². The Morgan fingerprint density at radius 2 is 2.00 bits per heavy atom. The van der Waals surface area contributed by atoms with Gasteiger partial charge in [-0.15, -0.1) is 0 Å². The lowest BCUT2D eigenvalue weighted by Gasteiger charge is -2.41. The number of aliphatic hydroxyl groups is 1. The first-order chi connectivity index (χ1) is 10.5. The van der Waals surface area contributed by atoms with E-state index in [1.54, 1.807) is 12.2 Å². The van der Waals surface area contributed by atoms with Crippen LogP contribution in [0.15, 0.2) is 65.5 Å². The van der Waals surface area contributed by atoms with Crippen LogP contribution >= 0.6 is 0 Å². The molecule has 2 aliphatic rings. The van der Waals surface area contributed by atoms with Crippen molar-refractivity contribution in [1.29, 1.82) is 10.7 Å². The Balaban J connectivity index is 2.11. The lowest BCUT2D eigenvalue weighted by atomic mass is 9.85. The first-order valence-electron chi connectivity index (χ1n) is 7.17. The number of nitrogens with zero attached hydrogens (tertiary/aromatic N) is 2. The number of allylic oxidation sites excluding steroid dienone is 1. The minimum absolute atomic E-state index is 0.0576. The van der Waals surface area contributed by atoms with Crippen LogP contribution < -0.4 is 0 Å². The highest BCUT2D eigenvalue weighted by Gasteiger charge is 2.47. The van der Waals surface area contributed by atoms with Crippen molar-refractivity contribution in [2.24, 2.45) is 0 Å². The minimum atomic E-state index is -0.594. The molecule has 0 aromatic heterocycles. The van der Waals surface area contributed by atoms with Crippen LogP contribution in [-0.4, -0.2) is 21.4 Å². The molecule has 4 nitrogen and oxygen atoms in total. The van der Waals surface area contributed by atoms with Gasteiger partial charge in [0.05, 0.1) is 17.2 Å². The summed E-state index contributed by atoms with van der Waals surface area (Å²) in [6.07, 6.45) is 5.07. The van der Waals surface area contributed by atoms with Gasteiger partial charge in [0.15, 0.2) is 0 Å². The molecule has 1 aromatic carbocycles. The van der Waals surface area contributed by atoms with E-state index in [0.29, 0.717) is 11.1 Å². The smallest absolute Gasteiger partial charge is 0.140 e. The quantitative estimate of drug-likeness (QED) is 0.874. The van der Waals surface area contributed by atoms with Gasteiger partial charge in [-0.25, -0.2) is 0 Å². The third-order valence-corrected chi connectivity index (χ3v) is 4.44. The summed E-state index contributed by atoms with van der Waals surface area (Å²) in [5, 5.41) is 27.6. The molecular weight excluding hydrogens is 274 g/mol. The largest absolute Gasteiger partial charge is 0.508 e. The van der Waals surface area contributed by atoms with Crippen LogP contribution in [0.3, 0.4) is 0 Å². The van der Waals surface area contributed by atoms with E-state index in [1.165, 1.54) is 0 Å². The summed E-state index contributed by atoms with van der Waals surface area (Å²) in [7, 11) is 0. The summed E-state index contributed by atoms with van der Waals surface area (Å²) in [5.74, 6) is 0.314. The van der Waals surface area contributed by atoms with Crippen LogP contribution in [0.2, 0.25) is 0 Å². The summed E-state index contributed by atoms with van der Waals surface area (Å²) < 4.78 is 0. The second-order valence-electron chi connectivity index (χ2n) is 5.76. The summed E-state index contributed by atoms with van der Waals surface area (Å²) in [6, 6.07) is 12.0. The Morgan fingerprint density at radius 1 is 1.32 bits per heavy atom. The maximum Gasteiger partial charge on any atom is 0.140 e. The van der Waals surface area contributed by atoms with Gasteiger partial charge >= 0.3 is 0 Å². The zero-order chi connectivity index (χ0) is 15.9. The van der Waals surface area contributed by atoms with E-state index in [0.717, 1.165) is 5.56 Å². The minimum Gasteiger partial charge on any atom is -0.508 e. The normalized spacial score (nSPS) is 24.9. The van der Waals surface area contributed by atoms with Gasteiger partial charge in [-0.3, -0.25) is 5.41 Å². The van der Waals surface area contributed by atoms with Crippen LogP contribution in [0.5, 0.6) is 0 Å². The number of nitriles is 1. The van der Waals surface area contributed by atoms with E-state index < -0.39 is 5.54 Å². The Bertz CT molecular complexity index is 767. The molecule has 1 aliphatic heterocycles. The number of hydrogen-bond acceptors (Lipinski definition) is 3. The molecule has 4 heteroatoms. The summed E-state index contributed by atoms with van der Waals surface area (Å²) >= 11 is 0. The Morgan fingerprint density at radius 3 is 2.64 bits per heavy atom. The number of nitrogens with one attached hydrogen (secondary N) is 1. The first kappa shape index (κ1) is 14.2. The molecule has 0 saturated carbocycles. The zero-order valence-corrected chi connectivity index (χ0v) is 12.5. The van der Waals surface area contributed by atoms with Gasteiger partial charge in [0.25, 0.3) is 0 Å². The standard InChI is InChI=1S/C18H17N3O/c1-12(13-6-4-3-5-7-13)21-17(20)15(11-19)16-10-14(22)8-9-18(16,21)2/h3-10,12,20,22H,1-2H3/t12-,18?/m1/s1. The number of rotatable bonds is 2. The first-order valence-corrected chi connectivity index (χ1v) is 7.17. The maximum absolute atomic E-state index is 9.75. The van der Waals surface area contributed by atoms with Crippen molar-refractivity contribution < 1.29 is 5.11 Å². The van der Waals surface area contributed by atoms with Gasteiger partial charge < -0.3 is 10.0 Å². The van der Waals surface area contributed by atoms with Crippen molar-refractivity contribution in [2.75, 3.05) is 0 Å². The molecule has 1 unspecified atom stereocenters. The Labute approximate surface area is 129 Å². The molecule has 2 atom stereocenters. The fourth-order valence-electron chi connectivity index (χ4n) is 3.28. The molecule has 0 amide bonds. The highest BCUT2D eigenvalue weighted by Crippen LogP contribution is 2.44. The molecule has 0 saturated heterocycles. The number of amidine groups is 1. The topological polar surface area (TPSA) is 71.1 Å². The van der Waals surface area contributed by atoms with Gasteiger partial charge in [0.2, 0.25) is 0 Å². The Hall–Kier alpha value is -2.80. The molecule has 3 rings (SSSR count). The van der Waals surface area contributed by atoms with E-state index in [-0.39, 0.29) is 17.6 Å². The predicted molar refractivity (Wildman–Crippen MR) is 85.3 cm³/mol. The molecule has 0 radical (unpaired) electrons. The van der Waals surface area contributed by atoms with Crippen LogP contribution in [0.25, 0.3) is 0 Å². The molecule has 1 heterocycles. The second kappa shape index (κ2) is 4.88. The van der Waals surface area contributed by atoms with E-state index in [1.807, 2.05) is 55.2 Å². The fourth-order valence-corrected chi connectivity index (χ4v) is 3.28. The van der Waals surface area contributed by atoms with E-state index in [2.05, 4.69) is 6.07 Å². The molecule has 0 bridgehead atoms. The van der Waals surface area contributed by atoms with E-state index >= 15 is 0 Å². The lowest BCUT2D eigenvalue weighted by Crippen LogP contribution is -2.46. The molecule has 110 valence electrons. The monoisotopic (exact) mass is 291 g/mol. The van der Waals surface area contributed by atoms with Crippen molar-refractivity contribution in [3.05, 3.63) is 71.0 Å². The number of aliphatic hydroxyl groups excluding tert-OH is 1. The van der Waals surface area contributed by atoms with Gasteiger partial charge in [0.1, 0.15) is 17.7 Å². The maximum atomic E-state index is 9.75. The second-order valence-corrected chi connectivity index (χ2v) is 5.76. The SMILES string of the molecule is C[C@H](c1ccccc1)N1C(=N)C(C#N)=C2C=C(O)C=CC21C. The lowest BCUT2D eigenvalue weighted by molar-refractivity contribution is 0.240. The van der Waals surface area contributed by atoms with Crippen LogP contribution in [0.4, 0.5) is 0 Å². The third kappa shape index (κ3) is 1.86. The van der Waals surface area contributed by atoms with Gasteiger partial charge in [-0.05, 0) is 31.6 Å². The van der Waals surface area contributed by atoms with E-state index in [9.17, 15) is 10.4 Å². The molecule has 2 N–H and O–H groups in total. The van der Waals surface area contributed by atoms with Crippen molar-refractivity contribution in [3.63, 3.8) is 0 Å². The zero-order valence-electron chi connectivity index (χ0n) is 12.5. The summed E-state index contributed by atoms with van der Waals surface area (Å²) in [5.41, 5.74) is 1.49. The van der Waals surface area contributed by atoms with Crippen LogP contribution in [-0.2, 0) is 0 Å². The Kier molecular flexibility index (Phi) is 3.14. The average Bonchev–Trinajstić information content (AvgIpc) is 2.74. The molecule has 22 heavy (non-hydrogen) atoms. The van der Waals surface area contributed by atoms with Gasteiger partial charge in [0, 0.05) is 5.57 Å². The summed E-state index contributed by atoms with van der Waals surface area (Å²) in [4.78, 5) is 1.93. The van der Waals surface area contributed by atoms with Crippen molar-refractivity contribution in [1.82, 2.24) is 4.90 Å². The van der Waals surface area contributed by atoms with Crippen LogP contribution in [0.1, 0.15) is 25.5 Å². The van der Waals surface area contributed by atoms with Crippen molar-refractivity contribution in [3.8, 4) is 6.07 Å². The van der Waals surface area contributed by atoms with Crippen molar-refractivity contribution in [2.45, 2.75) is 25.4 Å². The summed E-state index contributed by atoms with van der Waals surface area (Å²) in [6.45, 7) is 4.00. The van der Waals surface area contributed by atoms with Gasteiger partial charge in [-0.2, -0.15) is 5.26 Å². The highest BCUT2D eigenvalue weighted by molar-refractivity contribution is 6.05. The van der Waals surface area contributed by atoms with E-state index in [4.69, 9.17) is 5.41 Å². The van der Waals surface area contributed by atoms with Gasteiger partial charge in [-0.1, -0.05) is 36.4 Å². The molecule has 0 spiro atoms. The highest BCUT2D eigenvalue weighted by atomic mass is 16.3. The molecule has 1 aromatic rings. The van der Waals surface area contributed by atoms with Crippen molar-refractivity contribution >= 4 is 5.84 Å². The predicted octanol–water partition coefficient (Wildman–Crippen LogP) is 3.63. The third-order valence-electron chi connectivity index (χ3n) is 4.44. The average molecular weight is 291 g/mol. The molecule has 0 fully saturated rings. The number of benzene rings is 1. The number of fused-ring (bicyclic) bond motifs is 1.